The monoisotopic (exact) mass is 389 g/mol. The molecule has 146 valence electrons. The summed E-state index contributed by atoms with van der Waals surface area (Å²) in [5, 5.41) is 20.8. The molecular formula is C21H19N5O3. The molecule has 1 aliphatic rings. The number of likely N-dealkylation sites (N-methyl/N-ethyl adjacent to an activating group) is 1. The molecule has 29 heavy (non-hydrogen) atoms. The third kappa shape index (κ3) is 3.56. The molecule has 8 nitrogen and oxygen atoms in total. The van der Waals surface area contributed by atoms with Crippen molar-refractivity contribution in [2.75, 3.05) is 18.9 Å². The van der Waals surface area contributed by atoms with Crippen LogP contribution in [0, 0.1) is 18.8 Å². The Morgan fingerprint density at radius 2 is 2.21 bits per heavy atom. The Balaban J connectivity index is 1.55. The van der Waals surface area contributed by atoms with E-state index in [0.717, 1.165) is 5.69 Å². The first-order valence-corrected chi connectivity index (χ1v) is 9.09. The molecule has 0 unspecified atom stereocenters. The van der Waals surface area contributed by atoms with E-state index in [4.69, 9.17) is 0 Å². The van der Waals surface area contributed by atoms with Crippen LogP contribution in [0.5, 0.6) is 0 Å². The van der Waals surface area contributed by atoms with Crippen LogP contribution in [0.3, 0.4) is 0 Å². The first-order chi connectivity index (χ1) is 13.9. The number of amides is 2. The quantitative estimate of drug-likeness (QED) is 0.575. The molecule has 3 aromatic rings. The molecular weight excluding hydrogens is 370 g/mol. The Bertz CT molecular complexity index is 1190. The van der Waals surface area contributed by atoms with Crippen LogP contribution in [0.4, 0.5) is 5.69 Å². The van der Waals surface area contributed by atoms with Crippen LogP contribution in [-0.2, 0) is 4.79 Å². The molecule has 1 aromatic carbocycles. The largest absolute Gasteiger partial charge is 0.369 e. The maximum atomic E-state index is 12.7. The molecule has 0 saturated carbocycles. The average molecular weight is 389 g/mol. The molecule has 0 radical (unpaired) electrons. The van der Waals surface area contributed by atoms with Crippen molar-refractivity contribution in [3.63, 3.8) is 0 Å². The number of carbonyl (C=O) groups is 2. The van der Waals surface area contributed by atoms with Gasteiger partial charge in [-0.05, 0) is 31.2 Å². The normalized spacial score (nSPS) is 18.6. The molecule has 1 saturated heterocycles. The van der Waals surface area contributed by atoms with Gasteiger partial charge in [0.05, 0.1) is 11.7 Å². The summed E-state index contributed by atoms with van der Waals surface area (Å²) >= 11 is 0. The Hall–Kier alpha value is -3.70. The van der Waals surface area contributed by atoms with Gasteiger partial charge in [0.15, 0.2) is 5.69 Å². The zero-order valence-corrected chi connectivity index (χ0v) is 16.0. The number of rotatable bonds is 2. The number of likely N-dealkylation sites (tertiary alicyclic amines) is 1. The van der Waals surface area contributed by atoms with Crippen LogP contribution < -0.4 is 5.32 Å². The van der Waals surface area contributed by atoms with Gasteiger partial charge in [-0.15, -0.1) is 0 Å². The lowest BCUT2D eigenvalue weighted by molar-refractivity contribution is -0.137. The number of aryl methyl sites for hydroxylation is 1. The smallest absolute Gasteiger partial charge is 0.276 e. The number of hydrogen-bond acceptors (Lipinski definition) is 5. The summed E-state index contributed by atoms with van der Waals surface area (Å²) in [5.74, 6) is 4.74. The standard InChI is InChI=1S/C21H19N5O3/c1-13-10-16-17(12-22-13)24-25-18(16)19(27)23-15-5-3-4-14(11-15)6-7-21(29)8-9-26(2)20(21)28/h3-5,10-12,29H,8-9H2,1-2H3,(H,23,27)(H,24,25)/t21-/m0/s1. The second kappa shape index (κ2) is 7.04. The number of carbonyl (C=O) groups excluding carboxylic acids is 2. The summed E-state index contributed by atoms with van der Waals surface area (Å²) < 4.78 is 0. The second-order valence-corrected chi connectivity index (χ2v) is 7.07. The molecule has 1 fully saturated rings. The zero-order valence-electron chi connectivity index (χ0n) is 16.0. The van der Waals surface area contributed by atoms with E-state index in [1.54, 1.807) is 43.6 Å². The predicted octanol–water partition coefficient (Wildman–Crippen LogP) is 1.46. The molecule has 0 bridgehead atoms. The van der Waals surface area contributed by atoms with Crippen molar-refractivity contribution in [2.45, 2.75) is 18.9 Å². The minimum Gasteiger partial charge on any atom is -0.369 e. The fraction of sp³-hybridized carbons (Fsp3) is 0.238. The fourth-order valence-electron chi connectivity index (χ4n) is 3.20. The van der Waals surface area contributed by atoms with Gasteiger partial charge in [0.1, 0.15) is 0 Å². The van der Waals surface area contributed by atoms with Gasteiger partial charge in [0.25, 0.3) is 11.8 Å². The summed E-state index contributed by atoms with van der Waals surface area (Å²) in [5.41, 5.74) is 1.19. The van der Waals surface area contributed by atoms with Gasteiger partial charge < -0.3 is 15.3 Å². The summed E-state index contributed by atoms with van der Waals surface area (Å²) in [6, 6.07) is 8.69. The van der Waals surface area contributed by atoms with E-state index < -0.39 is 11.5 Å². The number of aromatic nitrogens is 3. The van der Waals surface area contributed by atoms with E-state index in [-0.39, 0.29) is 18.0 Å². The van der Waals surface area contributed by atoms with Gasteiger partial charge in [0.2, 0.25) is 5.60 Å². The minimum atomic E-state index is -1.66. The highest BCUT2D eigenvalue weighted by Crippen LogP contribution is 2.21. The third-order valence-electron chi connectivity index (χ3n) is 4.84. The average Bonchev–Trinajstić information content (AvgIpc) is 3.23. The summed E-state index contributed by atoms with van der Waals surface area (Å²) in [7, 11) is 1.63. The number of nitrogens with zero attached hydrogens (tertiary/aromatic N) is 3. The Morgan fingerprint density at radius 1 is 1.38 bits per heavy atom. The predicted molar refractivity (Wildman–Crippen MR) is 107 cm³/mol. The van der Waals surface area contributed by atoms with E-state index in [9.17, 15) is 14.7 Å². The van der Waals surface area contributed by atoms with Crippen molar-refractivity contribution >= 4 is 28.4 Å². The van der Waals surface area contributed by atoms with Crippen molar-refractivity contribution in [3.8, 4) is 11.8 Å². The van der Waals surface area contributed by atoms with Crippen molar-refractivity contribution in [3.05, 3.63) is 53.5 Å². The number of anilines is 1. The molecule has 8 heteroatoms. The van der Waals surface area contributed by atoms with Crippen LogP contribution >= 0.6 is 0 Å². The lowest BCUT2D eigenvalue weighted by Gasteiger charge is -2.13. The first-order valence-electron chi connectivity index (χ1n) is 9.09. The van der Waals surface area contributed by atoms with Crippen molar-refractivity contribution < 1.29 is 14.7 Å². The number of H-pyrrole nitrogens is 1. The van der Waals surface area contributed by atoms with Crippen molar-refractivity contribution in [2.24, 2.45) is 0 Å². The summed E-state index contributed by atoms with van der Waals surface area (Å²) in [6.45, 7) is 2.31. The topological polar surface area (TPSA) is 111 Å². The zero-order chi connectivity index (χ0) is 20.6. The SMILES string of the molecule is Cc1cc2c(C(=O)Nc3cccc(C#C[C@]4(O)CCN(C)C4=O)c3)n[nH]c2cn1. The van der Waals surface area contributed by atoms with Gasteiger partial charge in [-0.1, -0.05) is 17.9 Å². The minimum absolute atomic E-state index is 0.270. The first kappa shape index (κ1) is 18.7. The molecule has 2 aromatic heterocycles. The van der Waals surface area contributed by atoms with Crippen LogP contribution in [-0.4, -0.2) is 56.2 Å². The Morgan fingerprint density at radius 3 is 2.97 bits per heavy atom. The number of aromatic amines is 1. The fourth-order valence-corrected chi connectivity index (χ4v) is 3.20. The Labute approximate surface area is 166 Å². The highest BCUT2D eigenvalue weighted by Gasteiger charge is 2.42. The van der Waals surface area contributed by atoms with Gasteiger partial charge in [-0.3, -0.25) is 19.7 Å². The number of nitrogens with one attached hydrogen (secondary N) is 2. The van der Waals surface area contributed by atoms with Crippen LogP contribution in [0.15, 0.2) is 36.5 Å². The van der Waals surface area contributed by atoms with E-state index >= 15 is 0 Å². The second-order valence-electron chi connectivity index (χ2n) is 7.07. The van der Waals surface area contributed by atoms with Gasteiger partial charge in [-0.25, -0.2) is 0 Å². The van der Waals surface area contributed by atoms with Crippen LogP contribution in [0.1, 0.15) is 28.2 Å². The maximum absolute atomic E-state index is 12.7. The number of benzene rings is 1. The maximum Gasteiger partial charge on any atom is 0.276 e. The number of fused-ring (bicyclic) bond motifs is 1. The number of hydrogen-bond donors (Lipinski definition) is 3. The molecule has 0 spiro atoms. The van der Waals surface area contributed by atoms with Crippen LogP contribution in [0.25, 0.3) is 10.9 Å². The molecule has 1 atom stereocenters. The molecule has 3 heterocycles. The van der Waals surface area contributed by atoms with E-state index in [1.807, 2.05) is 6.92 Å². The third-order valence-corrected chi connectivity index (χ3v) is 4.84. The van der Waals surface area contributed by atoms with Gasteiger partial charge in [0, 0.05) is 42.3 Å². The Kier molecular flexibility index (Phi) is 4.53. The highest BCUT2D eigenvalue weighted by atomic mass is 16.3. The van der Waals surface area contributed by atoms with Gasteiger partial charge >= 0.3 is 0 Å². The highest BCUT2D eigenvalue weighted by molar-refractivity contribution is 6.11. The van der Waals surface area contributed by atoms with E-state index in [1.165, 1.54) is 4.90 Å². The summed E-state index contributed by atoms with van der Waals surface area (Å²) in [6.07, 6.45) is 1.91. The number of aliphatic hydroxyl groups is 1. The van der Waals surface area contributed by atoms with Crippen molar-refractivity contribution in [1.29, 1.82) is 0 Å². The van der Waals surface area contributed by atoms with Gasteiger partial charge in [-0.2, -0.15) is 5.10 Å². The molecule has 3 N–H and O–H groups in total. The van der Waals surface area contributed by atoms with Crippen molar-refractivity contribution in [1.82, 2.24) is 20.1 Å². The molecule has 2 amide bonds. The molecule has 1 aliphatic heterocycles. The molecule has 4 rings (SSSR count). The summed E-state index contributed by atoms with van der Waals surface area (Å²) in [4.78, 5) is 30.3. The van der Waals surface area contributed by atoms with E-state index in [2.05, 4.69) is 32.3 Å². The number of pyridine rings is 1. The van der Waals surface area contributed by atoms with E-state index in [0.29, 0.717) is 28.7 Å². The lowest BCUT2D eigenvalue weighted by Crippen LogP contribution is -2.37. The molecule has 0 aliphatic carbocycles. The van der Waals surface area contributed by atoms with Crippen LogP contribution in [0.2, 0.25) is 0 Å². The lowest BCUT2D eigenvalue weighted by atomic mass is 10.0.